The van der Waals surface area contributed by atoms with Gasteiger partial charge in [-0.2, -0.15) is 0 Å². The smallest absolute Gasteiger partial charge is 0.284 e. The van der Waals surface area contributed by atoms with Crippen LogP contribution in [0.1, 0.15) is 16.1 Å². The molecule has 20 heavy (non-hydrogen) atoms. The van der Waals surface area contributed by atoms with Gasteiger partial charge in [0.2, 0.25) is 0 Å². The predicted octanol–water partition coefficient (Wildman–Crippen LogP) is 2.66. The van der Waals surface area contributed by atoms with Crippen molar-refractivity contribution >= 4 is 16.9 Å². The van der Waals surface area contributed by atoms with Crippen LogP contribution in [0, 0.1) is 0 Å². The fraction of sp³-hybridized carbons (Fsp3) is 0.0625. The topological polar surface area (TPSA) is 82.2 Å². The molecule has 100 valence electrons. The molecule has 1 amide bonds. The van der Waals surface area contributed by atoms with Gasteiger partial charge < -0.3 is 15.9 Å². The zero-order chi connectivity index (χ0) is 14.1. The average molecular weight is 266 g/mol. The highest BCUT2D eigenvalue weighted by Gasteiger charge is 2.14. The van der Waals surface area contributed by atoms with E-state index in [2.05, 4.69) is 0 Å². The lowest BCUT2D eigenvalue weighted by Crippen LogP contribution is -2.08. The molecular formula is C16H14N2O2. The maximum absolute atomic E-state index is 11.2. The number of hydrogen-bond acceptors (Lipinski definition) is 3. The third-order valence-electron chi connectivity index (χ3n) is 3.31. The van der Waals surface area contributed by atoms with Crippen LogP contribution in [0.4, 0.5) is 0 Å². The van der Waals surface area contributed by atoms with Crippen molar-refractivity contribution in [2.75, 3.05) is 0 Å². The number of carbonyl (C=O) groups is 1. The van der Waals surface area contributed by atoms with Gasteiger partial charge in [-0.3, -0.25) is 4.79 Å². The van der Waals surface area contributed by atoms with E-state index in [4.69, 9.17) is 15.9 Å². The molecule has 4 N–H and O–H groups in total. The van der Waals surface area contributed by atoms with Gasteiger partial charge in [0.05, 0.1) is 0 Å². The Hall–Kier alpha value is -2.59. The van der Waals surface area contributed by atoms with Crippen LogP contribution in [0.15, 0.2) is 52.9 Å². The quantitative estimate of drug-likeness (QED) is 0.764. The van der Waals surface area contributed by atoms with Crippen LogP contribution in [-0.4, -0.2) is 5.91 Å². The normalized spacial score (nSPS) is 10.8. The van der Waals surface area contributed by atoms with Crippen molar-refractivity contribution in [3.8, 4) is 11.1 Å². The van der Waals surface area contributed by atoms with E-state index in [0.717, 1.165) is 22.1 Å². The van der Waals surface area contributed by atoms with Crippen molar-refractivity contribution in [3.05, 3.63) is 59.9 Å². The van der Waals surface area contributed by atoms with Crippen LogP contribution in [0.25, 0.3) is 22.1 Å². The highest BCUT2D eigenvalue weighted by Crippen LogP contribution is 2.32. The van der Waals surface area contributed by atoms with Gasteiger partial charge >= 0.3 is 0 Å². The summed E-state index contributed by atoms with van der Waals surface area (Å²) in [5.74, 6) is -0.406. The Bertz CT molecular complexity index is 790. The van der Waals surface area contributed by atoms with E-state index < -0.39 is 5.91 Å². The van der Waals surface area contributed by atoms with Crippen LogP contribution >= 0.6 is 0 Å². The van der Waals surface area contributed by atoms with E-state index in [1.54, 1.807) is 6.07 Å². The summed E-state index contributed by atoms with van der Waals surface area (Å²) in [7, 11) is 0. The first-order chi connectivity index (χ1) is 9.70. The summed E-state index contributed by atoms with van der Waals surface area (Å²) < 4.78 is 5.60. The standard InChI is InChI=1S/C16H14N2O2/c17-9-11-4-1-2-6-12(11)13-7-3-5-10-8-14(16(18)19)20-15(10)13/h1-8H,9,17H2,(H2,18,19). The van der Waals surface area contributed by atoms with E-state index in [-0.39, 0.29) is 5.76 Å². The van der Waals surface area contributed by atoms with Crippen LogP contribution in [0.3, 0.4) is 0 Å². The lowest BCUT2D eigenvalue weighted by Gasteiger charge is -2.08. The summed E-state index contributed by atoms with van der Waals surface area (Å²) in [6, 6.07) is 15.3. The SMILES string of the molecule is NCc1ccccc1-c1cccc2cc(C(N)=O)oc12. The maximum Gasteiger partial charge on any atom is 0.284 e. The van der Waals surface area contributed by atoms with Gasteiger partial charge in [-0.15, -0.1) is 0 Å². The number of benzene rings is 2. The summed E-state index contributed by atoms with van der Waals surface area (Å²) in [6.45, 7) is 0.440. The van der Waals surface area contributed by atoms with Crippen LogP contribution in [-0.2, 0) is 6.54 Å². The Labute approximate surface area is 116 Å². The van der Waals surface area contributed by atoms with Gasteiger partial charge in [-0.1, -0.05) is 42.5 Å². The van der Waals surface area contributed by atoms with E-state index >= 15 is 0 Å². The number of amides is 1. The molecule has 3 aromatic rings. The molecule has 0 fully saturated rings. The molecule has 0 unspecified atom stereocenters. The van der Waals surface area contributed by atoms with Crippen LogP contribution < -0.4 is 11.5 Å². The molecule has 0 aliphatic carbocycles. The Morgan fingerprint density at radius 1 is 1.05 bits per heavy atom. The fourth-order valence-corrected chi connectivity index (χ4v) is 2.36. The van der Waals surface area contributed by atoms with E-state index in [0.29, 0.717) is 12.1 Å². The summed E-state index contributed by atoms with van der Waals surface area (Å²) in [4.78, 5) is 11.2. The Balaban J connectivity index is 2.28. The first kappa shape index (κ1) is 12.4. The van der Waals surface area contributed by atoms with Crippen molar-refractivity contribution in [1.29, 1.82) is 0 Å². The molecule has 3 rings (SSSR count). The van der Waals surface area contributed by atoms with E-state index in [1.807, 2.05) is 42.5 Å². The molecule has 1 heterocycles. The molecule has 0 spiro atoms. The second-order valence-corrected chi connectivity index (χ2v) is 4.56. The molecule has 0 radical (unpaired) electrons. The number of hydrogen-bond donors (Lipinski definition) is 2. The molecule has 0 aliphatic rings. The van der Waals surface area contributed by atoms with Crippen molar-refractivity contribution in [3.63, 3.8) is 0 Å². The first-order valence-electron chi connectivity index (χ1n) is 6.31. The molecule has 1 aromatic heterocycles. The van der Waals surface area contributed by atoms with E-state index in [9.17, 15) is 4.79 Å². The van der Waals surface area contributed by atoms with Crippen LogP contribution in [0.5, 0.6) is 0 Å². The molecule has 4 heteroatoms. The third-order valence-corrected chi connectivity index (χ3v) is 3.31. The number of nitrogens with two attached hydrogens (primary N) is 2. The lowest BCUT2D eigenvalue weighted by atomic mass is 9.98. The highest BCUT2D eigenvalue weighted by atomic mass is 16.3. The molecule has 4 nitrogen and oxygen atoms in total. The number of carbonyl (C=O) groups excluding carboxylic acids is 1. The first-order valence-corrected chi connectivity index (χ1v) is 6.31. The van der Waals surface area contributed by atoms with Crippen LogP contribution in [0.2, 0.25) is 0 Å². The zero-order valence-electron chi connectivity index (χ0n) is 10.8. The third kappa shape index (κ3) is 1.96. The number of rotatable bonds is 3. The largest absolute Gasteiger partial charge is 0.450 e. The van der Waals surface area contributed by atoms with Crippen molar-refractivity contribution in [2.24, 2.45) is 11.5 Å². The Morgan fingerprint density at radius 2 is 1.80 bits per heavy atom. The molecule has 0 atom stereocenters. The van der Waals surface area contributed by atoms with Gasteiger partial charge in [0.1, 0.15) is 5.58 Å². The van der Waals surface area contributed by atoms with Gasteiger partial charge in [0.15, 0.2) is 5.76 Å². The minimum absolute atomic E-state index is 0.165. The number of furan rings is 1. The lowest BCUT2D eigenvalue weighted by molar-refractivity contribution is 0.0976. The van der Waals surface area contributed by atoms with Crippen molar-refractivity contribution in [2.45, 2.75) is 6.54 Å². The summed E-state index contributed by atoms with van der Waals surface area (Å²) in [6.07, 6.45) is 0. The number of primary amides is 1. The second-order valence-electron chi connectivity index (χ2n) is 4.56. The Kier molecular flexibility index (Phi) is 3.00. The maximum atomic E-state index is 11.2. The van der Waals surface area contributed by atoms with Crippen molar-refractivity contribution < 1.29 is 9.21 Å². The second kappa shape index (κ2) is 4.83. The fourth-order valence-electron chi connectivity index (χ4n) is 2.36. The number of para-hydroxylation sites is 1. The molecule has 2 aromatic carbocycles. The molecular weight excluding hydrogens is 252 g/mol. The van der Waals surface area contributed by atoms with Gasteiger partial charge in [0.25, 0.3) is 5.91 Å². The highest BCUT2D eigenvalue weighted by molar-refractivity contribution is 5.99. The molecule has 0 bridgehead atoms. The molecule has 0 saturated carbocycles. The minimum Gasteiger partial charge on any atom is -0.450 e. The molecule has 0 aliphatic heterocycles. The summed E-state index contributed by atoms with van der Waals surface area (Å²) in [5.41, 5.74) is 14.6. The zero-order valence-corrected chi connectivity index (χ0v) is 10.8. The Morgan fingerprint density at radius 3 is 2.55 bits per heavy atom. The number of fused-ring (bicyclic) bond motifs is 1. The van der Waals surface area contributed by atoms with Crippen molar-refractivity contribution in [1.82, 2.24) is 0 Å². The van der Waals surface area contributed by atoms with Gasteiger partial charge in [-0.05, 0) is 17.2 Å². The predicted molar refractivity (Wildman–Crippen MR) is 78.1 cm³/mol. The monoisotopic (exact) mass is 266 g/mol. The summed E-state index contributed by atoms with van der Waals surface area (Å²) in [5, 5.41) is 0.850. The minimum atomic E-state index is -0.570. The molecule has 0 saturated heterocycles. The van der Waals surface area contributed by atoms with Gasteiger partial charge in [-0.25, -0.2) is 0 Å². The average Bonchev–Trinajstić information content (AvgIpc) is 2.91. The summed E-state index contributed by atoms with van der Waals surface area (Å²) >= 11 is 0. The van der Waals surface area contributed by atoms with Gasteiger partial charge in [0, 0.05) is 17.5 Å². The van der Waals surface area contributed by atoms with E-state index in [1.165, 1.54) is 0 Å².